The number of hydrogen-bond acceptors (Lipinski definition) is 12. The van der Waals surface area contributed by atoms with Crippen LogP contribution < -0.4 is 20.1 Å². The van der Waals surface area contributed by atoms with Crippen molar-refractivity contribution in [2.75, 3.05) is 63.2 Å². The first-order valence-electron chi connectivity index (χ1n) is 15.5. The molecular weight excluding hydrogens is 679 g/mol. The highest BCUT2D eigenvalue weighted by Gasteiger charge is 2.23. The van der Waals surface area contributed by atoms with Crippen molar-refractivity contribution in [3.63, 3.8) is 0 Å². The molecule has 15 nitrogen and oxygen atoms in total. The number of halogens is 2. The largest absolute Gasteiger partial charge is 0.488 e. The van der Waals surface area contributed by atoms with E-state index in [-0.39, 0.29) is 57.6 Å². The van der Waals surface area contributed by atoms with Crippen molar-refractivity contribution in [1.82, 2.24) is 24.8 Å². The molecule has 0 aromatic carbocycles. The number of pyridine rings is 3. The van der Waals surface area contributed by atoms with E-state index in [9.17, 15) is 19.6 Å². The Bertz CT molecular complexity index is 1700. The van der Waals surface area contributed by atoms with Crippen LogP contribution in [0.3, 0.4) is 0 Å². The van der Waals surface area contributed by atoms with Gasteiger partial charge in [-0.3, -0.25) is 25.3 Å². The number of ether oxygens (including phenoxy) is 4. The summed E-state index contributed by atoms with van der Waals surface area (Å²) in [7, 11) is 0. The molecule has 49 heavy (non-hydrogen) atoms. The number of aldehydes is 1. The summed E-state index contributed by atoms with van der Waals surface area (Å²) in [4.78, 5) is 54.1. The topological polar surface area (TPSA) is 181 Å². The molecule has 0 unspecified atom stereocenters. The summed E-state index contributed by atoms with van der Waals surface area (Å²) in [5, 5.41) is 15.4. The SMILES string of the molecule is C[C@@H](Oc1cc(NC(=O)Nc2nc(C=O)c(CN3CCCCOC3=O)cc2OCCN2CCOCC2)ncc1C#N)c1c(Cl)cncc1Cl. The maximum absolute atomic E-state index is 13.3. The third kappa shape index (κ3) is 9.45. The number of anilines is 2. The van der Waals surface area contributed by atoms with Crippen molar-refractivity contribution < 1.29 is 33.3 Å². The monoisotopic (exact) mass is 712 g/mol. The Labute approximate surface area is 292 Å². The highest BCUT2D eigenvalue weighted by molar-refractivity contribution is 6.35. The lowest BCUT2D eigenvalue weighted by molar-refractivity contribution is 0.0322. The number of rotatable bonds is 12. The molecule has 2 aliphatic heterocycles. The fourth-order valence-corrected chi connectivity index (χ4v) is 5.85. The molecule has 0 aliphatic carbocycles. The first-order valence-corrected chi connectivity index (χ1v) is 16.3. The van der Waals surface area contributed by atoms with Gasteiger partial charge in [0.05, 0.1) is 42.6 Å². The maximum atomic E-state index is 13.3. The zero-order valence-corrected chi connectivity index (χ0v) is 28.1. The summed E-state index contributed by atoms with van der Waals surface area (Å²) in [6, 6.07) is 4.22. The van der Waals surface area contributed by atoms with Crippen LogP contribution in [-0.4, -0.2) is 95.8 Å². The second-order valence-corrected chi connectivity index (χ2v) is 11.9. The number of carbonyl (C=O) groups is 3. The van der Waals surface area contributed by atoms with Crippen LogP contribution in [0.25, 0.3) is 0 Å². The van der Waals surface area contributed by atoms with Gasteiger partial charge in [-0.2, -0.15) is 5.26 Å². The van der Waals surface area contributed by atoms with Crippen LogP contribution in [0.5, 0.6) is 11.5 Å². The van der Waals surface area contributed by atoms with Crippen LogP contribution in [0.1, 0.15) is 53.0 Å². The molecule has 0 spiro atoms. The van der Waals surface area contributed by atoms with E-state index in [2.05, 4.69) is 30.5 Å². The smallest absolute Gasteiger partial charge is 0.410 e. The second-order valence-electron chi connectivity index (χ2n) is 11.1. The van der Waals surface area contributed by atoms with E-state index in [0.29, 0.717) is 50.3 Å². The molecule has 2 aliphatic rings. The number of carbonyl (C=O) groups excluding carboxylic acids is 3. The lowest BCUT2D eigenvalue weighted by Gasteiger charge is -2.26. The van der Waals surface area contributed by atoms with Gasteiger partial charge in [0.1, 0.15) is 41.6 Å². The van der Waals surface area contributed by atoms with Gasteiger partial charge in [0.2, 0.25) is 0 Å². The lowest BCUT2D eigenvalue weighted by atomic mass is 10.1. The number of nitrogens with one attached hydrogen (secondary N) is 2. The van der Waals surface area contributed by atoms with Gasteiger partial charge in [0.15, 0.2) is 17.9 Å². The first kappa shape index (κ1) is 35.6. The minimum atomic E-state index is -0.761. The summed E-state index contributed by atoms with van der Waals surface area (Å²) >= 11 is 12.6. The zero-order chi connectivity index (χ0) is 34.8. The van der Waals surface area contributed by atoms with Crippen LogP contribution in [-0.2, 0) is 16.0 Å². The number of hydrogen-bond donors (Lipinski definition) is 2. The Morgan fingerprint density at radius 2 is 1.88 bits per heavy atom. The molecule has 5 heterocycles. The van der Waals surface area contributed by atoms with Gasteiger partial charge in [0.25, 0.3) is 0 Å². The zero-order valence-electron chi connectivity index (χ0n) is 26.6. The van der Waals surface area contributed by atoms with Gasteiger partial charge >= 0.3 is 12.1 Å². The van der Waals surface area contributed by atoms with Crippen molar-refractivity contribution in [3.05, 3.63) is 63.2 Å². The Morgan fingerprint density at radius 1 is 1.10 bits per heavy atom. The van der Waals surface area contributed by atoms with Gasteiger partial charge < -0.3 is 23.8 Å². The van der Waals surface area contributed by atoms with Crippen LogP contribution in [0.4, 0.5) is 21.2 Å². The predicted octanol–water partition coefficient (Wildman–Crippen LogP) is 5.09. The predicted molar refractivity (Wildman–Crippen MR) is 178 cm³/mol. The number of amides is 3. The Hall–Kier alpha value is -4.75. The average molecular weight is 714 g/mol. The van der Waals surface area contributed by atoms with E-state index in [1.165, 1.54) is 29.6 Å². The lowest BCUT2D eigenvalue weighted by Crippen LogP contribution is -2.38. The molecule has 0 saturated carbocycles. The molecule has 2 saturated heterocycles. The number of cyclic esters (lactones) is 1. The number of urea groups is 1. The number of nitrogens with zero attached hydrogens (tertiary/aromatic N) is 6. The molecule has 0 bridgehead atoms. The van der Waals surface area contributed by atoms with Crippen molar-refractivity contribution in [2.24, 2.45) is 0 Å². The summed E-state index contributed by atoms with van der Waals surface area (Å²) < 4.78 is 22.8. The van der Waals surface area contributed by atoms with Crippen molar-refractivity contribution in [3.8, 4) is 17.6 Å². The highest BCUT2D eigenvalue weighted by atomic mass is 35.5. The third-order valence-corrected chi connectivity index (χ3v) is 8.31. The molecule has 5 rings (SSSR count). The van der Waals surface area contributed by atoms with Gasteiger partial charge in [-0.25, -0.2) is 19.6 Å². The summed E-state index contributed by atoms with van der Waals surface area (Å²) in [6.07, 6.45) is 4.98. The Morgan fingerprint density at radius 3 is 2.61 bits per heavy atom. The number of nitriles is 1. The molecule has 1 atom stereocenters. The fourth-order valence-electron chi connectivity index (χ4n) is 5.18. The van der Waals surface area contributed by atoms with E-state index in [1.54, 1.807) is 13.0 Å². The molecule has 17 heteroatoms. The number of aromatic nitrogens is 3. The van der Waals surface area contributed by atoms with Gasteiger partial charge in [-0.1, -0.05) is 23.2 Å². The molecular formula is C32H34Cl2N8O7. The minimum absolute atomic E-state index is 0.0162. The Balaban J connectivity index is 1.35. The van der Waals surface area contributed by atoms with E-state index in [4.69, 9.17) is 42.1 Å². The maximum Gasteiger partial charge on any atom is 0.410 e. The van der Waals surface area contributed by atoms with Crippen LogP contribution >= 0.6 is 23.2 Å². The summed E-state index contributed by atoms with van der Waals surface area (Å²) in [5.41, 5.74) is 1.03. The fraction of sp³-hybridized carbons (Fsp3) is 0.406. The highest BCUT2D eigenvalue weighted by Crippen LogP contribution is 2.34. The second kappa shape index (κ2) is 17.1. The first-order chi connectivity index (χ1) is 23.7. The molecule has 258 valence electrons. The summed E-state index contributed by atoms with van der Waals surface area (Å²) in [5.74, 6) is 0.342. The molecule has 0 radical (unpaired) electrons. The Kier molecular flexibility index (Phi) is 12.4. The summed E-state index contributed by atoms with van der Waals surface area (Å²) in [6.45, 7) is 6.16. The quantitative estimate of drug-likeness (QED) is 0.238. The van der Waals surface area contributed by atoms with Crippen molar-refractivity contribution >= 4 is 53.2 Å². The molecule has 3 aromatic rings. The van der Waals surface area contributed by atoms with E-state index < -0.39 is 18.2 Å². The van der Waals surface area contributed by atoms with E-state index >= 15 is 0 Å². The van der Waals surface area contributed by atoms with Crippen molar-refractivity contribution in [1.29, 1.82) is 5.26 Å². The molecule has 2 fully saturated rings. The van der Waals surface area contributed by atoms with Crippen LogP contribution in [0.2, 0.25) is 10.0 Å². The van der Waals surface area contributed by atoms with Gasteiger partial charge in [0, 0.05) is 55.8 Å². The van der Waals surface area contributed by atoms with Gasteiger partial charge in [-0.15, -0.1) is 0 Å². The van der Waals surface area contributed by atoms with E-state index in [1.807, 2.05) is 6.07 Å². The third-order valence-electron chi connectivity index (χ3n) is 7.71. The van der Waals surface area contributed by atoms with E-state index in [0.717, 1.165) is 25.9 Å². The molecule has 2 N–H and O–H groups in total. The van der Waals surface area contributed by atoms with Crippen molar-refractivity contribution in [2.45, 2.75) is 32.4 Å². The van der Waals surface area contributed by atoms with Crippen LogP contribution in [0.15, 0.2) is 30.7 Å². The average Bonchev–Trinajstić information content (AvgIpc) is 3.29. The molecule has 3 aromatic heterocycles. The normalized spacial score (nSPS) is 15.7. The number of morpholine rings is 1. The standard InChI is InChI=1S/C32H34Cl2N8O7/c1-20(29-23(33)16-36-17-24(29)34)49-26-13-28(37-15-22(26)14-35)39-31(44)40-30-27(47-11-7-41-5-9-46-10-6-41)12-21(25(19-43)38-30)18-42-4-2-3-8-48-32(42)45/h12-13,15-17,19-20H,2-11,18H2,1H3,(H2,37,38,39,40,44)/t20-/m1/s1. The van der Waals surface area contributed by atoms with Crippen LogP contribution in [0, 0.1) is 11.3 Å². The molecule has 3 amide bonds. The van der Waals surface area contributed by atoms with Gasteiger partial charge in [-0.05, 0) is 25.8 Å². The minimum Gasteiger partial charge on any atom is -0.488 e.